The molecule has 1 aliphatic heterocycles. The maximum atomic E-state index is 13.9. The minimum atomic E-state index is -0.429. The molecule has 1 aliphatic rings. The third-order valence-corrected chi connectivity index (χ3v) is 5.73. The van der Waals surface area contributed by atoms with E-state index in [0.29, 0.717) is 5.69 Å². The molecule has 2 N–H and O–H groups in total. The van der Waals surface area contributed by atoms with Crippen molar-refractivity contribution in [2.75, 3.05) is 18.4 Å². The van der Waals surface area contributed by atoms with Gasteiger partial charge in [-0.05, 0) is 51.1 Å². The Balaban J connectivity index is 1.68. The molecule has 6 heteroatoms. The molecule has 130 valence electrons. The van der Waals surface area contributed by atoms with Gasteiger partial charge in [0.25, 0.3) is 5.91 Å². The van der Waals surface area contributed by atoms with E-state index in [4.69, 9.17) is 0 Å². The standard InChI is InChI=1S/C19H20FN3OS/c1-12-10-16-18(25-12)13(11-23-8-4-5-9-23)17(21-16)19(24)22-15-7-3-2-6-14(15)20/h2-3,6-7,10,21H,4-5,8-9,11H2,1H3,(H,22,24). The van der Waals surface area contributed by atoms with Gasteiger partial charge < -0.3 is 10.3 Å². The number of carbonyl (C=O) groups excluding carboxylic acids is 1. The first kappa shape index (κ1) is 16.3. The molecule has 4 rings (SSSR count). The molecule has 0 radical (unpaired) electrons. The van der Waals surface area contributed by atoms with Crippen molar-refractivity contribution >= 4 is 33.1 Å². The molecule has 2 aromatic heterocycles. The number of amides is 1. The van der Waals surface area contributed by atoms with Gasteiger partial charge in [-0.25, -0.2) is 4.39 Å². The zero-order chi connectivity index (χ0) is 17.4. The van der Waals surface area contributed by atoms with Crippen LogP contribution in [0.15, 0.2) is 30.3 Å². The van der Waals surface area contributed by atoms with Crippen molar-refractivity contribution in [3.8, 4) is 0 Å². The number of carbonyl (C=O) groups is 1. The van der Waals surface area contributed by atoms with E-state index < -0.39 is 5.82 Å². The molecule has 0 spiro atoms. The molecule has 0 unspecified atom stereocenters. The first-order chi connectivity index (χ1) is 12.1. The van der Waals surface area contributed by atoms with Crippen LogP contribution in [-0.4, -0.2) is 28.9 Å². The number of anilines is 1. The number of aromatic nitrogens is 1. The normalized spacial score (nSPS) is 15.1. The SMILES string of the molecule is Cc1cc2[nH]c(C(=O)Nc3ccccc3F)c(CN3CCCC3)c2s1. The van der Waals surface area contributed by atoms with Crippen molar-refractivity contribution in [2.45, 2.75) is 26.3 Å². The minimum Gasteiger partial charge on any atom is -0.350 e. The molecule has 0 atom stereocenters. The Morgan fingerprint density at radius 2 is 2.08 bits per heavy atom. The summed E-state index contributed by atoms with van der Waals surface area (Å²) in [5.74, 6) is -0.721. The summed E-state index contributed by atoms with van der Waals surface area (Å²) in [6.07, 6.45) is 2.40. The zero-order valence-corrected chi connectivity index (χ0v) is 14.9. The number of thiophene rings is 1. The van der Waals surface area contributed by atoms with Gasteiger partial charge in [-0.3, -0.25) is 9.69 Å². The molecule has 4 nitrogen and oxygen atoms in total. The van der Waals surface area contributed by atoms with Crippen LogP contribution in [0.5, 0.6) is 0 Å². The average molecular weight is 357 g/mol. The number of aryl methyl sites for hydroxylation is 1. The van der Waals surface area contributed by atoms with Crippen LogP contribution >= 0.6 is 11.3 Å². The second-order valence-electron chi connectivity index (χ2n) is 6.50. The van der Waals surface area contributed by atoms with Crippen LogP contribution in [0.25, 0.3) is 10.2 Å². The predicted octanol–water partition coefficient (Wildman–Crippen LogP) is 4.53. The third-order valence-electron chi connectivity index (χ3n) is 4.62. The predicted molar refractivity (Wildman–Crippen MR) is 99.8 cm³/mol. The number of halogens is 1. The Hall–Kier alpha value is -2.18. The maximum absolute atomic E-state index is 13.9. The van der Waals surface area contributed by atoms with Crippen LogP contribution < -0.4 is 5.32 Å². The largest absolute Gasteiger partial charge is 0.350 e. The Morgan fingerprint density at radius 1 is 1.32 bits per heavy atom. The fraction of sp³-hybridized carbons (Fsp3) is 0.316. The van der Waals surface area contributed by atoms with Gasteiger partial charge in [-0.2, -0.15) is 0 Å². The van der Waals surface area contributed by atoms with Crippen molar-refractivity contribution < 1.29 is 9.18 Å². The number of nitrogens with one attached hydrogen (secondary N) is 2. The Labute approximate surface area is 149 Å². The van der Waals surface area contributed by atoms with Gasteiger partial charge in [0.05, 0.1) is 15.9 Å². The Kier molecular flexibility index (Phi) is 4.31. The summed E-state index contributed by atoms with van der Waals surface area (Å²) >= 11 is 1.70. The van der Waals surface area contributed by atoms with E-state index in [1.807, 2.05) is 0 Å². The van der Waals surface area contributed by atoms with Gasteiger partial charge in [-0.15, -0.1) is 11.3 Å². The van der Waals surface area contributed by atoms with Crippen molar-refractivity contribution in [3.05, 3.63) is 52.3 Å². The highest BCUT2D eigenvalue weighted by atomic mass is 32.1. The van der Waals surface area contributed by atoms with E-state index in [2.05, 4.69) is 28.2 Å². The van der Waals surface area contributed by atoms with E-state index in [-0.39, 0.29) is 11.6 Å². The Bertz CT molecular complexity index is 924. The number of likely N-dealkylation sites (tertiary alicyclic amines) is 1. The van der Waals surface area contributed by atoms with Crippen molar-refractivity contribution in [3.63, 3.8) is 0 Å². The molecule has 1 saturated heterocycles. The Morgan fingerprint density at radius 3 is 2.84 bits per heavy atom. The highest BCUT2D eigenvalue weighted by Gasteiger charge is 2.23. The number of para-hydroxylation sites is 1. The molecule has 3 aromatic rings. The summed E-state index contributed by atoms with van der Waals surface area (Å²) in [5, 5.41) is 2.70. The molecule has 25 heavy (non-hydrogen) atoms. The first-order valence-electron chi connectivity index (χ1n) is 8.51. The first-order valence-corrected chi connectivity index (χ1v) is 9.32. The number of nitrogens with zero attached hydrogens (tertiary/aromatic N) is 1. The summed E-state index contributed by atoms with van der Waals surface area (Å²) in [7, 11) is 0. The number of hydrogen-bond acceptors (Lipinski definition) is 3. The lowest BCUT2D eigenvalue weighted by Gasteiger charge is -2.15. The second kappa shape index (κ2) is 6.61. The van der Waals surface area contributed by atoms with Crippen LogP contribution in [0.3, 0.4) is 0 Å². The average Bonchev–Trinajstić information content (AvgIpc) is 3.28. The minimum absolute atomic E-state index is 0.203. The number of H-pyrrole nitrogens is 1. The third kappa shape index (κ3) is 3.19. The van der Waals surface area contributed by atoms with E-state index in [9.17, 15) is 9.18 Å². The molecule has 1 amide bonds. The molecular formula is C19H20FN3OS. The lowest BCUT2D eigenvalue weighted by Crippen LogP contribution is -2.21. The molecule has 1 fully saturated rings. The zero-order valence-electron chi connectivity index (χ0n) is 14.1. The van der Waals surface area contributed by atoms with Gasteiger partial charge in [0.2, 0.25) is 0 Å². The number of hydrogen-bond donors (Lipinski definition) is 2. The van der Waals surface area contributed by atoms with Crippen LogP contribution in [0.1, 0.15) is 33.8 Å². The van der Waals surface area contributed by atoms with Crippen molar-refractivity contribution in [2.24, 2.45) is 0 Å². The highest BCUT2D eigenvalue weighted by Crippen LogP contribution is 2.32. The van der Waals surface area contributed by atoms with Crippen LogP contribution in [-0.2, 0) is 6.54 Å². The molecule has 3 heterocycles. The molecule has 0 aliphatic carbocycles. The monoisotopic (exact) mass is 357 g/mol. The van der Waals surface area contributed by atoms with Crippen LogP contribution in [0.4, 0.5) is 10.1 Å². The lowest BCUT2D eigenvalue weighted by atomic mass is 10.2. The molecule has 1 aromatic carbocycles. The van der Waals surface area contributed by atoms with E-state index in [0.717, 1.165) is 35.4 Å². The fourth-order valence-electron chi connectivity index (χ4n) is 3.41. The van der Waals surface area contributed by atoms with Crippen LogP contribution in [0.2, 0.25) is 0 Å². The maximum Gasteiger partial charge on any atom is 0.272 e. The second-order valence-corrected chi connectivity index (χ2v) is 7.75. The number of fused-ring (bicyclic) bond motifs is 1. The van der Waals surface area contributed by atoms with Gasteiger partial charge in [0, 0.05) is 17.0 Å². The summed E-state index contributed by atoms with van der Waals surface area (Å²) in [5.41, 5.74) is 2.74. The number of benzene rings is 1. The van der Waals surface area contributed by atoms with Gasteiger partial charge >= 0.3 is 0 Å². The highest BCUT2D eigenvalue weighted by molar-refractivity contribution is 7.19. The molecule has 0 bridgehead atoms. The van der Waals surface area contributed by atoms with Gasteiger partial charge in [-0.1, -0.05) is 12.1 Å². The van der Waals surface area contributed by atoms with E-state index in [1.165, 1.54) is 23.8 Å². The van der Waals surface area contributed by atoms with E-state index in [1.54, 1.807) is 29.5 Å². The van der Waals surface area contributed by atoms with E-state index >= 15 is 0 Å². The summed E-state index contributed by atoms with van der Waals surface area (Å²) in [4.78, 5) is 19.6. The summed E-state index contributed by atoms with van der Waals surface area (Å²) in [6, 6.07) is 8.30. The number of rotatable bonds is 4. The lowest BCUT2D eigenvalue weighted by molar-refractivity contribution is 0.102. The van der Waals surface area contributed by atoms with Crippen LogP contribution in [0, 0.1) is 12.7 Å². The molecular weight excluding hydrogens is 337 g/mol. The topological polar surface area (TPSA) is 48.1 Å². The fourth-order valence-corrected chi connectivity index (χ4v) is 4.42. The number of aromatic amines is 1. The summed E-state index contributed by atoms with van der Waals surface area (Å²) < 4.78 is 15.0. The van der Waals surface area contributed by atoms with Crippen molar-refractivity contribution in [1.29, 1.82) is 0 Å². The van der Waals surface area contributed by atoms with Gasteiger partial charge in [0.1, 0.15) is 11.5 Å². The smallest absolute Gasteiger partial charge is 0.272 e. The van der Waals surface area contributed by atoms with Crippen molar-refractivity contribution in [1.82, 2.24) is 9.88 Å². The quantitative estimate of drug-likeness (QED) is 0.721. The van der Waals surface area contributed by atoms with Gasteiger partial charge in [0.15, 0.2) is 0 Å². The summed E-state index contributed by atoms with van der Waals surface area (Å²) in [6.45, 7) is 4.94. The molecule has 0 saturated carbocycles.